The molecule has 0 aromatic carbocycles. The number of rotatable bonds is 4. The zero-order valence-corrected chi connectivity index (χ0v) is 13.1. The third-order valence-electron chi connectivity index (χ3n) is 5.13. The lowest BCUT2D eigenvalue weighted by Gasteiger charge is -2.34. The summed E-state index contributed by atoms with van der Waals surface area (Å²) in [5.41, 5.74) is 1.32. The van der Waals surface area contributed by atoms with E-state index in [2.05, 4.69) is 40.0 Å². The van der Waals surface area contributed by atoms with Crippen molar-refractivity contribution in [3.8, 4) is 0 Å². The van der Waals surface area contributed by atoms with E-state index in [-0.39, 0.29) is 5.91 Å². The molecule has 1 aromatic rings. The second kappa shape index (κ2) is 6.65. The van der Waals surface area contributed by atoms with Gasteiger partial charge >= 0.3 is 0 Å². The Kier molecular flexibility index (Phi) is 4.63. The van der Waals surface area contributed by atoms with Crippen LogP contribution < -0.4 is 5.32 Å². The number of carbonyl (C=O) groups is 1. The predicted molar refractivity (Wildman–Crippen MR) is 84.0 cm³/mol. The van der Waals surface area contributed by atoms with Crippen molar-refractivity contribution in [2.45, 2.75) is 51.6 Å². The molecular formula is C17H27N3O. The van der Waals surface area contributed by atoms with Gasteiger partial charge in [-0.1, -0.05) is 19.3 Å². The molecule has 1 N–H and O–H groups in total. The third kappa shape index (κ3) is 3.49. The minimum Gasteiger partial charge on any atom is -0.355 e. The van der Waals surface area contributed by atoms with Gasteiger partial charge in [-0.15, -0.1) is 0 Å². The van der Waals surface area contributed by atoms with Crippen molar-refractivity contribution in [3.63, 3.8) is 0 Å². The van der Waals surface area contributed by atoms with E-state index < -0.39 is 0 Å². The molecule has 2 aliphatic rings. The van der Waals surface area contributed by atoms with Gasteiger partial charge in [0, 0.05) is 37.6 Å². The molecule has 1 aromatic heterocycles. The molecule has 4 nitrogen and oxygen atoms in total. The van der Waals surface area contributed by atoms with E-state index in [0.717, 1.165) is 19.6 Å². The van der Waals surface area contributed by atoms with E-state index >= 15 is 0 Å². The molecule has 1 aliphatic carbocycles. The highest BCUT2D eigenvalue weighted by Gasteiger charge is 2.25. The largest absolute Gasteiger partial charge is 0.355 e. The lowest BCUT2D eigenvalue weighted by atomic mass is 9.89. The number of hydrogen-bond acceptors (Lipinski definition) is 2. The van der Waals surface area contributed by atoms with Crippen molar-refractivity contribution in [2.75, 3.05) is 19.6 Å². The van der Waals surface area contributed by atoms with Gasteiger partial charge in [0.2, 0.25) is 5.91 Å². The summed E-state index contributed by atoms with van der Waals surface area (Å²) in [5, 5.41) is 3.15. The molecule has 1 atom stereocenters. The maximum atomic E-state index is 12.2. The fraction of sp³-hybridized carbons (Fsp3) is 0.706. The van der Waals surface area contributed by atoms with Crippen LogP contribution in [0.5, 0.6) is 0 Å². The summed E-state index contributed by atoms with van der Waals surface area (Å²) in [6, 6.07) is 4.59. The molecular weight excluding hydrogens is 262 g/mol. The van der Waals surface area contributed by atoms with Gasteiger partial charge in [-0.25, -0.2) is 0 Å². The van der Waals surface area contributed by atoms with Crippen LogP contribution in [0.2, 0.25) is 0 Å². The molecule has 1 saturated carbocycles. The fourth-order valence-corrected chi connectivity index (χ4v) is 3.73. The summed E-state index contributed by atoms with van der Waals surface area (Å²) in [4.78, 5) is 14.5. The molecule has 0 radical (unpaired) electrons. The lowest BCUT2D eigenvalue weighted by Crippen LogP contribution is -2.44. The summed E-state index contributed by atoms with van der Waals surface area (Å²) in [6.07, 6.45) is 8.74. The highest BCUT2D eigenvalue weighted by atomic mass is 16.2. The summed E-state index contributed by atoms with van der Waals surface area (Å²) >= 11 is 0. The van der Waals surface area contributed by atoms with Gasteiger partial charge in [0.05, 0.1) is 6.54 Å². The third-order valence-corrected chi connectivity index (χ3v) is 5.13. The average Bonchev–Trinajstić information content (AvgIpc) is 2.98. The smallest absolute Gasteiger partial charge is 0.234 e. The van der Waals surface area contributed by atoms with Gasteiger partial charge < -0.3 is 9.88 Å². The number of carbonyl (C=O) groups excluding carboxylic acids is 1. The van der Waals surface area contributed by atoms with Crippen molar-refractivity contribution in [2.24, 2.45) is 5.92 Å². The van der Waals surface area contributed by atoms with Crippen molar-refractivity contribution in [3.05, 3.63) is 24.0 Å². The van der Waals surface area contributed by atoms with E-state index in [1.54, 1.807) is 0 Å². The van der Waals surface area contributed by atoms with Crippen molar-refractivity contribution in [1.82, 2.24) is 14.8 Å². The molecule has 1 aliphatic heterocycles. The number of nitrogens with zero attached hydrogens (tertiary/aromatic N) is 2. The van der Waals surface area contributed by atoms with Gasteiger partial charge in [-0.05, 0) is 37.8 Å². The maximum Gasteiger partial charge on any atom is 0.234 e. The Morgan fingerprint density at radius 1 is 1.29 bits per heavy atom. The van der Waals surface area contributed by atoms with Crippen molar-refractivity contribution in [1.29, 1.82) is 0 Å². The molecule has 0 saturated heterocycles. The van der Waals surface area contributed by atoms with Crippen molar-refractivity contribution < 1.29 is 4.79 Å². The molecule has 1 fully saturated rings. The zero-order valence-electron chi connectivity index (χ0n) is 13.1. The van der Waals surface area contributed by atoms with Crippen LogP contribution in [0.3, 0.4) is 0 Å². The standard InChI is InChI=1S/C17H27N3O/c1-14-16-8-5-9-19(16)10-11-20(14)13-17(21)18-12-15-6-3-2-4-7-15/h5,8-9,14-15H,2-4,6-7,10-13H2,1H3,(H,18,21). The first-order valence-electron chi connectivity index (χ1n) is 8.40. The quantitative estimate of drug-likeness (QED) is 0.925. The van der Waals surface area contributed by atoms with Gasteiger partial charge in [-0.2, -0.15) is 0 Å². The summed E-state index contributed by atoms with van der Waals surface area (Å²) < 4.78 is 2.29. The first kappa shape index (κ1) is 14.6. The number of fused-ring (bicyclic) bond motifs is 1. The van der Waals surface area contributed by atoms with E-state index in [0.29, 0.717) is 18.5 Å². The van der Waals surface area contributed by atoms with Gasteiger partial charge in [0.15, 0.2) is 0 Å². The highest BCUT2D eigenvalue weighted by molar-refractivity contribution is 5.78. The normalized spacial score (nSPS) is 23.8. The minimum absolute atomic E-state index is 0.187. The Balaban J connectivity index is 1.47. The molecule has 0 spiro atoms. The van der Waals surface area contributed by atoms with E-state index in [4.69, 9.17) is 0 Å². The van der Waals surface area contributed by atoms with E-state index in [1.165, 1.54) is 37.8 Å². The van der Waals surface area contributed by atoms with Crippen LogP contribution in [-0.2, 0) is 11.3 Å². The summed E-state index contributed by atoms with van der Waals surface area (Å²) in [6.45, 7) is 5.54. The SMILES string of the molecule is CC1c2cccn2CCN1CC(=O)NCC1CCCCC1. The molecule has 3 rings (SSSR count). The first-order valence-corrected chi connectivity index (χ1v) is 8.40. The second-order valence-electron chi connectivity index (χ2n) is 6.58. The molecule has 0 bridgehead atoms. The van der Waals surface area contributed by atoms with Gasteiger partial charge in [0.25, 0.3) is 0 Å². The Morgan fingerprint density at radius 3 is 2.90 bits per heavy atom. The van der Waals surface area contributed by atoms with Crippen LogP contribution in [0.15, 0.2) is 18.3 Å². The lowest BCUT2D eigenvalue weighted by molar-refractivity contribution is -0.123. The predicted octanol–water partition coefficient (Wildman–Crippen LogP) is 2.56. The minimum atomic E-state index is 0.187. The fourth-order valence-electron chi connectivity index (χ4n) is 3.73. The Hall–Kier alpha value is -1.29. The molecule has 116 valence electrons. The molecule has 1 amide bonds. The topological polar surface area (TPSA) is 37.3 Å². The molecule has 4 heteroatoms. The van der Waals surface area contributed by atoms with E-state index in [1.807, 2.05) is 0 Å². The monoisotopic (exact) mass is 289 g/mol. The van der Waals surface area contributed by atoms with Crippen molar-refractivity contribution >= 4 is 5.91 Å². The first-order chi connectivity index (χ1) is 10.2. The highest BCUT2D eigenvalue weighted by Crippen LogP contribution is 2.25. The van der Waals surface area contributed by atoms with Gasteiger partial charge in [0.1, 0.15) is 0 Å². The summed E-state index contributed by atoms with van der Waals surface area (Å²) in [5.74, 6) is 0.895. The molecule has 1 unspecified atom stereocenters. The number of amides is 1. The molecule has 21 heavy (non-hydrogen) atoms. The van der Waals surface area contributed by atoms with Crippen LogP contribution in [0.4, 0.5) is 0 Å². The Morgan fingerprint density at radius 2 is 2.10 bits per heavy atom. The Labute approximate surface area is 127 Å². The average molecular weight is 289 g/mol. The summed E-state index contributed by atoms with van der Waals surface area (Å²) in [7, 11) is 0. The van der Waals surface area contributed by atoms with Crippen LogP contribution in [-0.4, -0.2) is 35.0 Å². The maximum absolute atomic E-state index is 12.2. The van der Waals surface area contributed by atoms with Gasteiger partial charge in [-0.3, -0.25) is 9.69 Å². The number of nitrogens with one attached hydrogen (secondary N) is 1. The number of aromatic nitrogens is 1. The van der Waals surface area contributed by atoms with Crippen LogP contribution >= 0.6 is 0 Å². The van der Waals surface area contributed by atoms with E-state index in [9.17, 15) is 4.79 Å². The molecule has 2 heterocycles. The van der Waals surface area contributed by atoms with Crippen LogP contribution in [0, 0.1) is 5.92 Å². The zero-order chi connectivity index (χ0) is 14.7. The van der Waals surface area contributed by atoms with Crippen LogP contribution in [0.25, 0.3) is 0 Å². The van der Waals surface area contributed by atoms with Crippen LogP contribution in [0.1, 0.15) is 50.8 Å². The second-order valence-corrected chi connectivity index (χ2v) is 6.58. The Bertz CT molecular complexity index is 476. The number of hydrogen-bond donors (Lipinski definition) is 1.